The molecule has 23 heavy (non-hydrogen) atoms. The fraction of sp³-hybridized carbons (Fsp3) is 0.471. The number of carboxylic acid groups (broad SMARTS) is 2. The molecule has 2 N–H and O–H groups in total. The molecule has 1 unspecified atom stereocenters. The molecule has 0 heterocycles. The third-order valence-electron chi connectivity index (χ3n) is 4.26. The molecule has 0 radical (unpaired) electrons. The van der Waals surface area contributed by atoms with Crippen molar-refractivity contribution < 1.29 is 24.6 Å². The number of rotatable bonds is 8. The third kappa shape index (κ3) is 4.55. The van der Waals surface area contributed by atoms with Gasteiger partial charge >= 0.3 is 11.9 Å². The first-order valence-electron chi connectivity index (χ1n) is 7.23. The number of hydrogen-bond acceptors (Lipinski definition) is 3. The van der Waals surface area contributed by atoms with Gasteiger partial charge in [-0.2, -0.15) is 0 Å². The summed E-state index contributed by atoms with van der Waals surface area (Å²) < 4.78 is 0. The van der Waals surface area contributed by atoms with Crippen LogP contribution in [0.3, 0.4) is 0 Å². The molecule has 0 amide bonds. The molecule has 1 aromatic carbocycles. The summed E-state index contributed by atoms with van der Waals surface area (Å²) in [6.07, 6.45) is 0.0476. The van der Waals surface area contributed by atoms with Gasteiger partial charge in [-0.05, 0) is 57.7 Å². The van der Waals surface area contributed by atoms with Crippen LogP contribution in [-0.2, 0) is 20.8 Å². The monoisotopic (exact) mass is 340 g/mol. The zero-order valence-electron chi connectivity index (χ0n) is 13.4. The number of halogens is 1. The maximum atomic E-state index is 12.1. The molecule has 1 atom stereocenters. The van der Waals surface area contributed by atoms with Crippen LogP contribution in [0.15, 0.2) is 24.3 Å². The molecule has 5 nitrogen and oxygen atoms in total. The third-order valence-corrected chi connectivity index (χ3v) is 4.51. The van der Waals surface area contributed by atoms with Gasteiger partial charge in [0.15, 0.2) is 0 Å². The lowest BCUT2D eigenvalue weighted by atomic mass is 9.71. The predicted molar refractivity (Wildman–Crippen MR) is 86.6 cm³/mol. The summed E-state index contributed by atoms with van der Waals surface area (Å²) in [4.78, 5) is 35.2. The summed E-state index contributed by atoms with van der Waals surface area (Å²) in [5.74, 6) is -2.74. The first-order chi connectivity index (χ1) is 10.5. The number of carboxylic acids is 2. The van der Waals surface area contributed by atoms with Gasteiger partial charge in [-0.1, -0.05) is 23.7 Å². The van der Waals surface area contributed by atoms with Crippen molar-refractivity contribution in [2.75, 3.05) is 0 Å². The minimum absolute atomic E-state index is 0.00450. The van der Waals surface area contributed by atoms with Gasteiger partial charge in [0.1, 0.15) is 11.2 Å². The topological polar surface area (TPSA) is 91.7 Å². The predicted octanol–water partition coefficient (Wildman–Crippen LogP) is 3.43. The Kier molecular flexibility index (Phi) is 5.94. The van der Waals surface area contributed by atoms with Gasteiger partial charge in [0.2, 0.25) is 0 Å². The number of carbonyl (C=O) groups excluding carboxylic acids is 1. The quantitative estimate of drug-likeness (QED) is 0.707. The molecular weight excluding hydrogens is 320 g/mol. The zero-order chi connectivity index (χ0) is 17.8. The lowest BCUT2D eigenvalue weighted by molar-refractivity contribution is -0.157. The Balaban J connectivity index is 3.12. The largest absolute Gasteiger partial charge is 0.481 e. The van der Waals surface area contributed by atoms with E-state index in [1.54, 1.807) is 24.3 Å². The molecule has 0 spiro atoms. The number of carbonyl (C=O) groups is 3. The molecule has 0 aliphatic heterocycles. The number of Topliss-reactive ketones (excluding diaryl/α,β-unsaturated/α-hetero) is 1. The van der Waals surface area contributed by atoms with Crippen LogP contribution in [0.2, 0.25) is 5.02 Å². The van der Waals surface area contributed by atoms with Crippen LogP contribution in [0.5, 0.6) is 0 Å². The fourth-order valence-electron chi connectivity index (χ4n) is 2.31. The molecule has 1 aromatic rings. The van der Waals surface area contributed by atoms with Crippen molar-refractivity contribution >= 4 is 29.3 Å². The first kappa shape index (κ1) is 19.2. The van der Waals surface area contributed by atoms with Gasteiger partial charge in [-0.15, -0.1) is 0 Å². The Bertz CT molecular complexity index is 590. The van der Waals surface area contributed by atoms with Gasteiger partial charge in [0, 0.05) is 5.02 Å². The summed E-state index contributed by atoms with van der Waals surface area (Å²) >= 11 is 5.82. The Hall–Kier alpha value is -1.88. The van der Waals surface area contributed by atoms with Crippen LogP contribution in [-0.4, -0.2) is 27.9 Å². The Morgan fingerprint density at radius 2 is 1.52 bits per heavy atom. The second-order valence-electron chi connectivity index (χ2n) is 6.44. The second-order valence-corrected chi connectivity index (χ2v) is 6.87. The summed E-state index contributed by atoms with van der Waals surface area (Å²) in [6, 6.07) is 6.60. The fourth-order valence-corrected chi connectivity index (χ4v) is 2.43. The van der Waals surface area contributed by atoms with Gasteiger partial charge in [-0.3, -0.25) is 14.4 Å². The first-order valence-corrected chi connectivity index (χ1v) is 7.61. The minimum Gasteiger partial charge on any atom is -0.481 e. The van der Waals surface area contributed by atoms with Gasteiger partial charge in [0.05, 0.1) is 5.41 Å². The van der Waals surface area contributed by atoms with Crippen molar-refractivity contribution in [2.45, 2.75) is 40.0 Å². The van der Waals surface area contributed by atoms with Crippen LogP contribution in [0.25, 0.3) is 0 Å². The molecule has 0 fully saturated rings. The molecule has 0 aliphatic rings. The lowest BCUT2D eigenvalue weighted by Crippen LogP contribution is -2.41. The number of aliphatic carboxylic acids is 2. The van der Waals surface area contributed by atoms with E-state index in [0.29, 0.717) is 10.6 Å². The summed E-state index contributed by atoms with van der Waals surface area (Å²) in [7, 11) is 0. The maximum Gasteiger partial charge on any atom is 0.317 e. The van der Waals surface area contributed by atoms with E-state index >= 15 is 0 Å². The molecule has 0 aliphatic carbocycles. The van der Waals surface area contributed by atoms with E-state index in [1.165, 1.54) is 20.8 Å². The average Bonchev–Trinajstić information content (AvgIpc) is 2.44. The minimum atomic E-state index is -1.64. The van der Waals surface area contributed by atoms with Gasteiger partial charge in [0.25, 0.3) is 0 Å². The zero-order valence-corrected chi connectivity index (χ0v) is 14.2. The van der Waals surface area contributed by atoms with E-state index in [-0.39, 0.29) is 19.3 Å². The van der Waals surface area contributed by atoms with Crippen molar-refractivity contribution in [3.8, 4) is 0 Å². The normalized spacial score (nSPS) is 14.1. The van der Waals surface area contributed by atoms with Crippen molar-refractivity contribution in [3.05, 3.63) is 34.9 Å². The van der Waals surface area contributed by atoms with Crippen LogP contribution in [0.1, 0.15) is 39.2 Å². The highest BCUT2D eigenvalue weighted by atomic mass is 35.5. The second kappa shape index (κ2) is 7.13. The smallest absolute Gasteiger partial charge is 0.317 e. The van der Waals surface area contributed by atoms with Crippen LogP contribution >= 0.6 is 11.6 Å². The highest BCUT2D eigenvalue weighted by Gasteiger charge is 2.45. The molecule has 0 bridgehead atoms. The van der Waals surface area contributed by atoms with E-state index in [0.717, 1.165) is 0 Å². The van der Waals surface area contributed by atoms with Crippen molar-refractivity contribution in [1.29, 1.82) is 0 Å². The molecule has 126 valence electrons. The van der Waals surface area contributed by atoms with Crippen LogP contribution < -0.4 is 0 Å². The molecule has 0 saturated carbocycles. The maximum absolute atomic E-state index is 12.1. The summed E-state index contributed by atoms with van der Waals surface area (Å²) in [5, 5.41) is 19.4. The SMILES string of the molecule is CC(=O)C(CCC(C)(C)C(=O)O)(Cc1ccc(Cl)cc1)C(=O)O. The molecule has 0 aromatic heterocycles. The molecule has 6 heteroatoms. The summed E-state index contributed by atoms with van der Waals surface area (Å²) in [6.45, 7) is 4.27. The Morgan fingerprint density at radius 1 is 1.00 bits per heavy atom. The molecule has 1 rings (SSSR count). The lowest BCUT2D eigenvalue weighted by Gasteiger charge is -2.30. The van der Waals surface area contributed by atoms with E-state index in [1.807, 2.05) is 0 Å². The summed E-state index contributed by atoms with van der Waals surface area (Å²) in [5.41, 5.74) is -2.07. The van der Waals surface area contributed by atoms with Crippen LogP contribution in [0.4, 0.5) is 0 Å². The Labute approximate surface area is 140 Å². The molecular formula is C17H21ClO5. The standard InChI is InChI=1S/C17H21ClO5/c1-11(19)17(15(22)23,9-8-16(2,3)14(20)21)10-12-4-6-13(18)7-5-12/h4-7H,8-10H2,1-3H3,(H,20,21)(H,22,23). The van der Waals surface area contributed by atoms with Crippen LogP contribution in [0, 0.1) is 10.8 Å². The van der Waals surface area contributed by atoms with Gasteiger partial charge < -0.3 is 10.2 Å². The van der Waals surface area contributed by atoms with E-state index < -0.39 is 28.6 Å². The van der Waals surface area contributed by atoms with E-state index in [9.17, 15) is 24.6 Å². The highest BCUT2D eigenvalue weighted by molar-refractivity contribution is 6.30. The van der Waals surface area contributed by atoms with Crippen molar-refractivity contribution in [2.24, 2.45) is 10.8 Å². The number of benzene rings is 1. The highest BCUT2D eigenvalue weighted by Crippen LogP contribution is 2.36. The Morgan fingerprint density at radius 3 is 1.91 bits per heavy atom. The average molecular weight is 341 g/mol. The van der Waals surface area contributed by atoms with Crippen molar-refractivity contribution in [1.82, 2.24) is 0 Å². The van der Waals surface area contributed by atoms with Crippen molar-refractivity contribution in [3.63, 3.8) is 0 Å². The van der Waals surface area contributed by atoms with E-state index in [4.69, 9.17) is 11.6 Å². The number of hydrogen-bond donors (Lipinski definition) is 2. The molecule has 0 saturated heterocycles. The number of ketones is 1. The van der Waals surface area contributed by atoms with Gasteiger partial charge in [-0.25, -0.2) is 0 Å². The van der Waals surface area contributed by atoms with E-state index in [2.05, 4.69) is 0 Å².